The number of fused-ring (bicyclic) bond motifs is 1. The van der Waals surface area contributed by atoms with E-state index in [1.165, 1.54) is 0 Å². The van der Waals surface area contributed by atoms with Crippen LogP contribution in [0.3, 0.4) is 0 Å². The molecule has 1 N–H and O–H groups in total. The van der Waals surface area contributed by atoms with Crippen LogP contribution in [-0.2, 0) is 15.3 Å². The van der Waals surface area contributed by atoms with Gasteiger partial charge in [-0.1, -0.05) is 0 Å². The van der Waals surface area contributed by atoms with Crippen molar-refractivity contribution in [3.63, 3.8) is 0 Å². The summed E-state index contributed by atoms with van der Waals surface area (Å²) in [6, 6.07) is 9.01. The fourth-order valence-corrected chi connectivity index (χ4v) is 5.89. The Morgan fingerprint density at radius 2 is 1.88 bits per heavy atom. The molecule has 1 aliphatic rings. The lowest BCUT2D eigenvalue weighted by Crippen LogP contribution is -2.85. The number of methoxy groups -OCH3 is 1. The number of hydroxylamine groups is 2. The van der Waals surface area contributed by atoms with Crippen molar-refractivity contribution in [2.45, 2.75) is 50.4 Å². The van der Waals surface area contributed by atoms with Crippen molar-refractivity contribution in [1.29, 1.82) is 0 Å². The van der Waals surface area contributed by atoms with Gasteiger partial charge in [0.25, 0.3) is 15.6 Å². The normalized spacial score (nSPS) is 27.6. The van der Waals surface area contributed by atoms with Crippen molar-refractivity contribution in [3.8, 4) is 5.75 Å². The molecule has 3 rings (SSSR count). The lowest BCUT2D eigenvalue weighted by Gasteiger charge is -2.36. The van der Waals surface area contributed by atoms with Crippen molar-refractivity contribution in [2.24, 2.45) is 0 Å². The largest absolute Gasteiger partial charge is 0.497 e. The first-order valence-corrected chi connectivity index (χ1v) is 9.92. The SMILES string of the molecule is COc1ccc2c(ccc[n+]2[N+]2([O])C(C)(C)CC(S(=O)(=O)O)C2(C)C)c1. The van der Waals surface area contributed by atoms with E-state index in [1.807, 2.05) is 12.1 Å². The standard InChI is InChI=1S/C18H24N2O5S/c1-17(2)12-16(26(22,23)24)18(3,4)20(17,21)19-10-6-7-13-11-14(25-5)8-9-15(13)19/h6-11,16H,12H2,1-5H3/q+1/p+1. The van der Waals surface area contributed by atoms with Crippen LogP contribution in [0.15, 0.2) is 36.5 Å². The number of ether oxygens (including phenoxy) is 1. The number of aromatic nitrogens is 1. The molecule has 1 radical (unpaired) electrons. The van der Waals surface area contributed by atoms with Gasteiger partial charge in [0.15, 0.2) is 10.8 Å². The molecule has 2 aromatic rings. The predicted molar refractivity (Wildman–Crippen MR) is 97.0 cm³/mol. The number of quaternary nitrogens is 1. The Morgan fingerprint density at radius 3 is 2.42 bits per heavy atom. The van der Waals surface area contributed by atoms with Gasteiger partial charge in [0.2, 0.25) is 11.7 Å². The highest BCUT2D eigenvalue weighted by atomic mass is 32.2. The Bertz CT molecular complexity index is 971. The minimum Gasteiger partial charge on any atom is -0.497 e. The molecule has 1 fully saturated rings. The van der Waals surface area contributed by atoms with Crippen LogP contribution in [0.1, 0.15) is 34.1 Å². The Balaban J connectivity index is 2.32. The number of rotatable bonds is 3. The highest BCUT2D eigenvalue weighted by molar-refractivity contribution is 7.86. The molecular formula is C18H25N2O5S+2. The first-order valence-electron chi connectivity index (χ1n) is 8.42. The fraction of sp³-hybridized carbons (Fsp3) is 0.500. The third-order valence-corrected chi connectivity index (χ3v) is 7.18. The van der Waals surface area contributed by atoms with Crippen LogP contribution in [0.5, 0.6) is 5.75 Å². The summed E-state index contributed by atoms with van der Waals surface area (Å²) in [5.74, 6) is 0.670. The zero-order valence-electron chi connectivity index (χ0n) is 15.6. The molecule has 0 saturated carbocycles. The maximum absolute atomic E-state index is 14.3. The van der Waals surface area contributed by atoms with E-state index in [2.05, 4.69) is 0 Å². The summed E-state index contributed by atoms with van der Waals surface area (Å²) in [5.41, 5.74) is -1.60. The topological polar surface area (TPSA) is 87.4 Å². The number of hydrogen-bond acceptors (Lipinski definition) is 3. The van der Waals surface area contributed by atoms with E-state index in [4.69, 9.17) is 4.74 Å². The van der Waals surface area contributed by atoms with Crippen LogP contribution >= 0.6 is 0 Å². The second-order valence-corrected chi connectivity index (χ2v) is 9.63. The van der Waals surface area contributed by atoms with E-state index >= 15 is 0 Å². The lowest BCUT2D eigenvalue weighted by molar-refractivity contribution is -0.892. The van der Waals surface area contributed by atoms with Crippen LogP contribution in [0.25, 0.3) is 10.9 Å². The van der Waals surface area contributed by atoms with Gasteiger partial charge in [0.05, 0.1) is 22.5 Å². The van der Waals surface area contributed by atoms with Gasteiger partial charge in [-0.3, -0.25) is 4.55 Å². The van der Waals surface area contributed by atoms with Gasteiger partial charge in [-0.2, -0.15) is 8.42 Å². The molecule has 1 aromatic heterocycles. The molecule has 7 nitrogen and oxygen atoms in total. The second kappa shape index (κ2) is 5.63. The van der Waals surface area contributed by atoms with Gasteiger partial charge in [0, 0.05) is 37.1 Å². The Labute approximate surface area is 153 Å². The zero-order valence-corrected chi connectivity index (χ0v) is 16.4. The predicted octanol–water partition coefficient (Wildman–Crippen LogP) is 2.14. The highest BCUT2D eigenvalue weighted by Crippen LogP contribution is 2.45. The van der Waals surface area contributed by atoms with Crippen LogP contribution in [0, 0.1) is 0 Å². The monoisotopic (exact) mass is 381 g/mol. The smallest absolute Gasteiger partial charge is 0.276 e. The van der Waals surface area contributed by atoms with Crippen LogP contribution in [0.2, 0.25) is 0 Å². The summed E-state index contributed by atoms with van der Waals surface area (Å²) in [6.45, 7) is 6.68. The van der Waals surface area contributed by atoms with E-state index < -0.39 is 31.2 Å². The Kier molecular flexibility index (Phi) is 4.12. The fourth-order valence-electron chi connectivity index (χ4n) is 4.40. The summed E-state index contributed by atoms with van der Waals surface area (Å²) in [7, 11) is -2.80. The summed E-state index contributed by atoms with van der Waals surface area (Å²) < 4.78 is 39.6. The highest BCUT2D eigenvalue weighted by Gasteiger charge is 2.77. The summed E-state index contributed by atoms with van der Waals surface area (Å²) in [6.07, 6.45) is 1.72. The van der Waals surface area contributed by atoms with E-state index in [0.29, 0.717) is 11.3 Å². The van der Waals surface area contributed by atoms with Crippen LogP contribution in [-0.4, -0.2) is 36.4 Å². The van der Waals surface area contributed by atoms with Gasteiger partial charge in [-0.25, -0.2) is 0 Å². The first kappa shape index (κ1) is 19.0. The molecular weight excluding hydrogens is 356 g/mol. The molecule has 0 spiro atoms. The molecule has 2 atom stereocenters. The average Bonchev–Trinajstić information content (AvgIpc) is 2.71. The molecule has 2 heterocycles. The molecule has 2 unspecified atom stereocenters. The molecule has 1 aliphatic heterocycles. The minimum absolute atomic E-state index is 0.0574. The van der Waals surface area contributed by atoms with Gasteiger partial charge in [-0.05, 0) is 32.0 Å². The second-order valence-electron chi connectivity index (χ2n) is 8.03. The third-order valence-electron chi connectivity index (χ3n) is 5.72. The maximum atomic E-state index is 14.3. The number of pyridine rings is 1. The third kappa shape index (κ3) is 2.44. The van der Waals surface area contributed by atoms with E-state index in [-0.39, 0.29) is 6.42 Å². The summed E-state index contributed by atoms with van der Waals surface area (Å²) >= 11 is 0. The first-order chi connectivity index (χ1) is 11.9. The Morgan fingerprint density at radius 1 is 1.23 bits per heavy atom. The Hall–Kier alpha value is -1.74. The van der Waals surface area contributed by atoms with Crippen molar-refractivity contribution >= 4 is 21.0 Å². The maximum Gasteiger partial charge on any atom is 0.276 e. The summed E-state index contributed by atoms with van der Waals surface area (Å²) in [4.78, 5) is 0. The molecule has 1 saturated heterocycles. The van der Waals surface area contributed by atoms with Gasteiger partial charge >= 0.3 is 0 Å². The van der Waals surface area contributed by atoms with Gasteiger partial charge < -0.3 is 4.74 Å². The van der Waals surface area contributed by atoms with E-state index in [1.54, 1.807) is 63.9 Å². The van der Waals surface area contributed by atoms with Crippen LogP contribution in [0.4, 0.5) is 0 Å². The lowest BCUT2D eigenvalue weighted by atomic mass is 10.0. The van der Waals surface area contributed by atoms with Gasteiger partial charge in [0.1, 0.15) is 5.75 Å². The van der Waals surface area contributed by atoms with E-state index in [9.17, 15) is 18.2 Å². The van der Waals surface area contributed by atoms with Gasteiger partial charge in [-0.15, -0.1) is 0 Å². The molecule has 8 heteroatoms. The zero-order chi connectivity index (χ0) is 19.5. The average molecular weight is 381 g/mol. The van der Waals surface area contributed by atoms with Crippen molar-refractivity contribution < 1.29 is 27.6 Å². The molecule has 0 aliphatic carbocycles. The molecule has 0 amide bonds. The minimum atomic E-state index is -4.37. The molecule has 26 heavy (non-hydrogen) atoms. The quantitative estimate of drug-likeness (QED) is 0.501. The molecule has 1 aromatic carbocycles. The number of hydrogen-bond donors (Lipinski definition) is 1. The molecule has 141 valence electrons. The summed E-state index contributed by atoms with van der Waals surface area (Å²) in [5, 5.41) is 14.0. The van der Waals surface area contributed by atoms with E-state index in [0.717, 1.165) is 5.39 Å². The van der Waals surface area contributed by atoms with Crippen molar-refractivity contribution in [1.82, 2.24) is 4.76 Å². The van der Waals surface area contributed by atoms with Crippen molar-refractivity contribution in [2.75, 3.05) is 7.11 Å². The number of benzene rings is 1. The molecule has 0 bridgehead atoms. The van der Waals surface area contributed by atoms with Crippen molar-refractivity contribution in [3.05, 3.63) is 36.5 Å². The number of nitrogens with zero attached hydrogens (tertiary/aromatic N) is 2. The van der Waals surface area contributed by atoms with Crippen LogP contribution < -0.4 is 14.2 Å².